The minimum atomic E-state index is 0.606. The Bertz CT molecular complexity index is 409. The normalized spacial score (nSPS) is 19.7. The van der Waals surface area contributed by atoms with E-state index < -0.39 is 0 Å². The molecule has 1 aliphatic rings. The summed E-state index contributed by atoms with van der Waals surface area (Å²) in [7, 11) is 1.79. The Morgan fingerprint density at radius 3 is 3.11 bits per heavy atom. The number of aromatic nitrogens is 2. The second-order valence-corrected chi connectivity index (χ2v) is 4.78. The topological polar surface area (TPSA) is 63.5 Å². The average Bonchev–Trinajstić information content (AvgIpc) is 3.06. The van der Waals surface area contributed by atoms with E-state index >= 15 is 0 Å². The quantitative estimate of drug-likeness (QED) is 0.597. The Morgan fingerprint density at radius 2 is 2.47 bits per heavy atom. The van der Waals surface area contributed by atoms with Gasteiger partial charge in [0.05, 0.1) is 6.61 Å². The molecule has 0 aromatic carbocycles. The highest BCUT2D eigenvalue weighted by Crippen LogP contribution is 2.10. The summed E-state index contributed by atoms with van der Waals surface area (Å²) in [6.07, 6.45) is 4.95. The highest BCUT2D eigenvalue weighted by atomic mass is 16.5. The van der Waals surface area contributed by atoms with E-state index in [2.05, 4.69) is 25.2 Å². The minimum absolute atomic E-state index is 0.606. The zero-order valence-electron chi connectivity index (χ0n) is 11.7. The number of rotatable bonds is 5. The Labute approximate surface area is 114 Å². The van der Waals surface area contributed by atoms with E-state index in [0.29, 0.717) is 5.92 Å². The summed E-state index contributed by atoms with van der Waals surface area (Å²) in [6.45, 7) is 6.39. The summed E-state index contributed by atoms with van der Waals surface area (Å²) in [6, 6.07) is 0. The van der Waals surface area contributed by atoms with Crippen LogP contribution in [-0.4, -0.2) is 48.9 Å². The molecule has 2 rings (SSSR count). The molecular weight excluding hydrogens is 242 g/mol. The monoisotopic (exact) mass is 265 g/mol. The molecule has 0 bridgehead atoms. The molecule has 0 saturated carbocycles. The lowest BCUT2D eigenvalue weighted by Crippen LogP contribution is -2.41. The van der Waals surface area contributed by atoms with Crippen LogP contribution in [0.2, 0.25) is 0 Å². The molecule has 1 aliphatic heterocycles. The van der Waals surface area contributed by atoms with E-state index in [4.69, 9.17) is 4.74 Å². The first-order valence-electron chi connectivity index (χ1n) is 6.79. The zero-order chi connectivity index (χ0) is 13.5. The van der Waals surface area contributed by atoms with Crippen LogP contribution in [0.4, 0.5) is 0 Å². The van der Waals surface area contributed by atoms with Gasteiger partial charge < -0.3 is 19.9 Å². The fourth-order valence-electron chi connectivity index (χ4n) is 2.14. The molecule has 0 spiro atoms. The van der Waals surface area contributed by atoms with Crippen molar-refractivity contribution in [1.29, 1.82) is 0 Å². The van der Waals surface area contributed by atoms with Gasteiger partial charge in [-0.3, -0.25) is 4.99 Å². The van der Waals surface area contributed by atoms with E-state index in [1.165, 1.54) is 0 Å². The van der Waals surface area contributed by atoms with Crippen LogP contribution >= 0.6 is 0 Å². The first kappa shape index (κ1) is 13.9. The lowest BCUT2D eigenvalue weighted by atomic mass is 10.1. The van der Waals surface area contributed by atoms with Crippen LogP contribution in [0.25, 0.3) is 0 Å². The molecule has 1 aromatic heterocycles. The molecule has 0 radical (unpaired) electrons. The van der Waals surface area contributed by atoms with Gasteiger partial charge in [0.2, 0.25) is 0 Å². The Kier molecular flexibility index (Phi) is 5.20. The van der Waals surface area contributed by atoms with Crippen LogP contribution in [0.15, 0.2) is 17.4 Å². The second kappa shape index (κ2) is 7.13. The van der Waals surface area contributed by atoms with Crippen molar-refractivity contribution in [1.82, 2.24) is 20.2 Å². The summed E-state index contributed by atoms with van der Waals surface area (Å²) < 4.78 is 7.47. The Morgan fingerprint density at radius 1 is 1.58 bits per heavy atom. The fraction of sp³-hybridized carbons (Fsp3) is 0.692. The number of guanidine groups is 1. The van der Waals surface area contributed by atoms with E-state index in [9.17, 15) is 0 Å². The van der Waals surface area contributed by atoms with Gasteiger partial charge in [-0.05, 0) is 13.3 Å². The maximum absolute atomic E-state index is 5.36. The van der Waals surface area contributed by atoms with Gasteiger partial charge in [-0.15, -0.1) is 0 Å². The molecule has 6 heteroatoms. The van der Waals surface area contributed by atoms with Crippen molar-refractivity contribution in [2.24, 2.45) is 10.9 Å². The van der Waals surface area contributed by atoms with Crippen molar-refractivity contribution in [3.05, 3.63) is 18.2 Å². The summed E-state index contributed by atoms with van der Waals surface area (Å²) >= 11 is 0. The first-order valence-corrected chi connectivity index (χ1v) is 6.79. The van der Waals surface area contributed by atoms with E-state index in [-0.39, 0.29) is 0 Å². The average molecular weight is 265 g/mol. The number of nitrogens with zero attached hydrogens (tertiary/aromatic N) is 3. The summed E-state index contributed by atoms with van der Waals surface area (Å²) in [5.41, 5.74) is 0. The Hall–Kier alpha value is -1.56. The number of imidazole rings is 1. The molecule has 2 heterocycles. The van der Waals surface area contributed by atoms with Crippen LogP contribution in [0.5, 0.6) is 0 Å². The summed E-state index contributed by atoms with van der Waals surface area (Å²) in [5, 5.41) is 6.65. The number of ether oxygens (including phenoxy) is 1. The highest BCUT2D eigenvalue weighted by molar-refractivity contribution is 5.79. The molecule has 1 atom stereocenters. The van der Waals surface area contributed by atoms with Crippen molar-refractivity contribution in [3.8, 4) is 0 Å². The molecule has 1 saturated heterocycles. The van der Waals surface area contributed by atoms with Gasteiger partial charge in [0.25, 0.3) is 0 Å². The molecule has 6 nitrogen and oxygen atoms in total. The van der Waals surface area contributed by atoms with Gasteiger partial charge in [-0.2, -0.15) is 0 Å². The maximum atomic E-state index is 5.36. The van der Waals surface area contributed by atoms with E-state index in [0.717, 1.165) is 51.1 Å². The fourth-order valence-corrected chi connectivity index (χ4v) is 2.14. The second-order valence-electron chi connectivity index (χ2n) is 4.78. The predicted octanol–water partition coefficient (Wildman–Crippen LogP) is 0.393. The largest absolute Gasteiger partial charge is 0.381 e. The SMILES string of the molecule is CN=C(NCCn1ccnc1C)NCC1CCOC1. The smallest absolute Gasteiger partial charge is 0.191 e. The zero-order valence-corrected chi connectivity index (χ0v) is 11.7. The van der Waals surface area contributed by atoms with Crippen molar-refractivity contribution in [2.45, 2.75) is 19.9 Å². The van der Waals surface area contributed by atoms with Gasteiger partial charge in [0.1, 0.15) is 5.82 Å². The van der Waals surface area contributed by atoms with Crippen molar-refractivity contribution in [3.63, 3.8) is 0 Å². The molecular formula is C13H23N5O. The van der Waals surface area contributed by atoms with Crippen LogP contribution in [0, 0.1) is 12.8 Å². The van der Waals surface area contributed by atoms with Gasteiger partial charge in [0.15, 0.2) is 5.96 Å². The third kappa shape index (κ3) is 4.24. The number of aryl methyl sites for hydroxylation is 1. The standard InChI is InChI=1S/C13H23N5O/c1-11-15-4-6-18(11)7-5-16-13(14-2)17-9-12-3-8-19-10-12/h4,6,12H,3,5,7-10H2,1-2H3,(H2,14,16,17). The predicted molar refractivity (Wildman–Crippen MR) is 75.3 cm³/mol. The van der Waals surface area contributed by atoms with E-state index in [1.54, 1.807) is 7.05 Å². The third-order valence-electron chi connectivity index (χ3n) is 3.37. The van der Waals surface area contributed by atoms with Gasteiger partial charge in [0, 0.05) is 51.6 Å². The van der Waals surface area contributed by atoms with Gasteiger partial charge >= 0.3 is 0 Å². The molecule has 2 N–H and O–H groups in total. The van der Waals surface area contributed by atoms with Gasteiger partial charge in [-0.1, -0.05) is 0 Å². The molecule has 19 heavy (non-hydrogen) atoms. The first-order chi connectivity index (χ1) is 9.29. The number of hydrogen-bond acceptors (Lipinski definition) is 3. The lowest BCUT2D eigenvalue weighted by Gasteiger charge is -2.14. The summed E-state index contributed by atoms with van der Waals surface area (Å²) in [4.78, 5) is 8.42. The third-order valence-corrected chi connectivity index (χ3v) is 3.37. The molecule has 106 valence electrons. The molecule has 0 amide bonds. The lowest BCUT2D eigenvalue weighted by molar-refractivity contribution is 0.186. The van der Waals surface area contributed by atoms with Crippen molar-refractivity contribution < 1.29 is 4.74 Å². The number of hydrogen-bond donors (Lipinski definition) is 2. The van der Waals surface area contributed by atoms with E-state index in [1.807, 2.05) is 19.3 Å². The molecule has 0 aliphatic carbocycles. The molecule has 1 fully saturated rings. The molecule has 1 aromatic rings. The summed E-state index contributed by atoms with van der Waals surface area (Å²) in [5.74, 6) is 2.49. The minimum Gasteiger partial charge on any atom is -0.381 e. The highest BCUT2D eigenvalue weighted by Gasteiger charge is 2.15. The van der Waals surface area contributed by atoms with Crippen LogP contribution in [-0.2, 0) is 11.3 Å². The van der Waals surface area contributed by atoms with Crippen LogP contribution in [0.1, 0.15) is 12.2 Å². The molecule has 1 unspecified atom stereocenters. The Balaban J connectivity index is 1.66. The van der Waals surface area contributed by atoms with Crippen LogP contribution < -0.4 is 10.6 Å². The van der Waals surface area contributed by atoms with Crippen molar-refractivity contribution in [2.75, 3.05) is 33.4 Å². The number of nitrogens with one attached hydrogen (secondary N) is 2. The maximum Gasteiger partial charge on any atom is 0.191 e. The van der Waals surface area contributed by atoms with Gasteiger partial charge in [-0.25, -0.2) is 4.98 Å². The number of aliphatic imine (C=N–C) groups is 1. The van der Waals surface area contributed by atoms with Crippen LogP contribution in [0.3, 0.4) is 0 Å². The van der Waals surface area contributed by atoms with Crippen molar-refractivity contribution >= 4 is 5.96 Å².